The third-order valence-electron chi connectivity index (χ3n) is 5.25. The normalized spacial score (nSPS) is 12.1. The molecule has 3 rings (SSSR count). The lowest BCUT2D eigenvalue weighted by Gasteiger charge is -2.15. The molecule has 0 aliphatic heterocycles. The first kappa shape index (κ1) is 25.2. The molecule has 0 aliphatic carbocycles. The molecule has 34 heavy (non-hydrogen) atoms. The highest BCUT2D eigenvalue weighted by Crippen LogP contribution is 2.38. The quantitative estimate of drug-likeness (QED) is 0.302. The summed E-state index contributed by atoms with van der Waals surface area (Å²) in [6.07, 6.45) is 2.31. The van der Waals surface area contributed by atoms with Crippen LogP contribution in [0.25, 0.3) is 10.9 Å². The number of hydrogen-bond donors (Lipinski definition) is 0. The molecule has 1 heterocycles. The van der Waals surface area contributed by atoms with E-state index in [2.05, 4.69) is 25.8 Å². The van der Waals surface area contributed by atoms with Crippen molar-refractivity contribution in [2.24, 2.45) is 5.10 Å². The molecule has 2 aromatic carbocycles. The molecular weight excluding hydrogens is 506 g/mol. The lowest BCUT2D eigenvalue weighted by molar-refractivity contribution is -0.142. The van der Waals surface area contributed by atoms with Crippen LogP contribution < -0.4 is 19.8 Å². The summed E-state index contributed by atoms with van der Waals surface area (Å²) in [6, 6.07) is 8.72. The van der Waals surface area contributed by atoms with Gasteiger partial charge in [-0.25, -0.2) is 9.78 Å². The van der Waals surface area contributed by atoms with Gasteiger partial charge in [0.15, 0.2) is 18.1 Å². The maximum Gasteiger partial charge on any atom is 0.343 e. The van der Waals surface area contributed by atoms with Gasteiger partial charge in [0.1, 0.15) is 5.82 Å². The van der Waals surface area contributed by atoms with Crippen LogP contribution >= 0.6 is 15.9 Å². The van der Waals surface area contributed by atoms with Gasteiger partial charge < -0.3 is 18.9 Å². The van der Waals surface area contributed by atoms with E-state index in [1.54, 1.807) is 18.2 Å². The van der Waals surface area contributed by atoms with Crippen LogP contribution in [0.2, 0.25) is 0 Å². The van der Waals surface area contributed by atoms with Crippen molar-refractivity contribution in [3.63, 3.8) is 0 Å². The van der Waals surface area contributed by atoms with E-state index in [1.807, 2.05) is 26.0 Å². The highest BCUT2D eigenvalue weighted by molar-refractivity contribution is 9.10. The molecule has 1 atom stereocenters. The average Bonchev–Trinajstić information content (AvgIpc) is 2.85. The van der Waals surface area contributed by atoms with Crippen molar-refractivity contribution in [2.45, 2.75) is 26.2 Å². The number of methoxy groups -OCH3 is 3. The molecule has 0 amide bonds. The van der Waals surface area contributed by atoms with Crippen molar-refractivity contribution in [2.75, 3.05) is 27.9 Å². The SMILES string of the molecule is CC[C@H](C)c1nc2ccc(Br)cc2c(=O)n1N=Cc1cc(OC)c(OCC(=O)OC)c(OC)c1. The summed E-state index contributed by atoms with van der Waals surface area (Å²) < 4.78 is 23.1. The Morgan fingerprint density at radius 3 is 2.44 bits per heavy atom. The molecule has 0 fully saturated rings. The lowest BCUT2D eigenvalue weighted by atomic mass is 10.1. The average molecular weight is 532 g/mol. The zero-order valence-corrected chi connectivity index (χ0v) is 21.2. The maximum absolute atomic E-state index is 13.3. The fourth-order valence-corrected chi connectivity index (χ4v) is 3.57. The number of esters is 1. The lowest BCUT2D eigenvalue weighted by Crippen LogP contribution is -2.23. The van der Waals surface area contributed by atoms with Gasteiger partial charge in [-0.1, -0.05) is 29.8 Å². The van der Waals surface area contributed by atoms with E-state index in [0.717, 1.165) is 10.9 Å². The monoisotopic (exact) mass is 531 g/mol. The van der Waals surface area contributed by atoms with Crippen LogP contribution in [-0.4, -0.2) is 49.8 Å². The fourth-order valence-electron chi connectivity index (χ4n) is 3.21. The second-order valence-electron chi connectivity index (χ2n) is 7.42. The minimum absolute atomic E-state index is 0.0102. The molecule has 9 nitrogen and oxygen atoms in total. The molecule has 0 radical (unpaired) electrons. The smallest absolute Gasteiger partial charge is 0.343 e. The summed E-state index contributed by atoms with van der Waals surface area (Å²) in [5.41, 5.74) is 0.940. The number of nitrogens with zero attached hydrogens (tertiary/aromatic N) is 3. The zero-order chi connectivity index (χ0) is 24.8. The van der Waals surface area contributed by atoms with Gasteiger partial charge in [-0.2, -0.15) is 9.78 Å². The second-order valence-corrected chi connectivity index (χ2v) is 8.34. The standard InChI is InChI=1S/C24H26BrN3O6/c1-6-14(2)23-27-18-8-7-16(25)11-17(18)24(30)28(23)26-12-15-9-19(31-3)22(20(10-15)32-4)34-13-21(29)33-5/h7-12,14H,6,13H2,1-5H3/t14-/m0/s1. The van der Waals surface area contributed by atoms with Crippen LogP contribution in [0.5, 0.6) is 17.2 Å². The van der Waals surface area contributed by atoms with Crippen LogP contribution in [-0.2, 0) is 9.53 Å². The highest BCUT2D eigenvalue weighted by atomic mass is 79.9. The van der Waals surface area contributed by atoms with Gasteiger partial charge in [-0.3, -0.25) is 4.79 Å². The molecule has 3 aromatic rings. The van der Waals surface area contributed by atoms with Crippen molar-refractivity contribution in [1.29, 1.82) is 0 Å². The number of fused-ring (bicyclic) bond motifs is 1. The topological polar surface area (TPSA) is 101 Å². The Kier molecular flexibility index (Phi) is 8.27. The third kappa shape index (κ3) is 5.39. The number of ether oxygens (including phenoxy) is 4. The van der Waals surface area contributed by atoms with E-state index in [0.29, 0.717) is 33.8 Å². The number of rotatable bonds is 9. The van der Waals surface area contributed by atoms with Crippen molar-refractivity contribution in [3.8, 4) is 17.2 Å². The van der Waals surface area contributed by atoms with E-state index >= 15 is 0 Å². The largest absolute Gasteiger partial charge is 0.493 e. The fraction of sp³-hybridized carbons (Fsp3) is 0.333. The summed E-state index contributed by atoms with van der Waals surface area (Å²) in [5, 5.41) is 4.93. The molecule has 0 saturated heterocycles. The van der Waals surface area contributed by atoms with Crippen LogP contribution in [0.1, 0.15) is 37.6 Å². The van der Waals surface area contributed by atoms with E-state index in [-0.39, 0.29) is 23.8 Å². The predicted octanol–water partition coefficient (Wildman–Crippen LogP) is 4.12. The van der Waals surface area contributed by atoms with Crippen LogP contribution in [0, 0.1) is 0 Å². The number of carbonyl (C=O) groups excluding carboxylic acids is 1. The molecular formula is C24H26BrN3O6. The first-order valence-electron chi connectivity index (χ1n) is 10.5. The minimum Gasteiger partial charge on any atom is -0.493 e. The number of benzene rings is 2. The Labute approximate surface area is 205 Å². The van der Waals surface area contributed by atoms with Gasteiger partial charge in [-0.15, -0.1) is 0 Å². The van der Waals surface area contributed by atoms with Crippen LogP contribution in [0.3, 0.4) is 0 Å². The number of carbonyl (C=O) groups is 1. The van der Waals surface area contributed by atoms with Crippen molar-refractivity contribution in [3.05, 3.63) is 56.5 Å². The van der Waals surface area contributed by atoms with Gasteiger partial charge >= 0.3 is 5.97 Å². The molecule has 0 spiro atoms. The van der Waals surface area contributed by atoms with Gasteiger partial charge in [0.25, 0.3) is 5.56 Å². The van der Waals surface area contributed by atoms with Crippen LogP contribution in [0.15, 0.2) is 44.7 Å². The van der Waals surface area contributed by atoms with Gasteiger partial charge in [0.05, 0.1) is 38.4 Å². The molecule has 10 heteroatoms. The summed E-state index contributed by atoms with van der Waals surface area (Å²) in [6.45, 7) is 3.72. The Bertz CT molecular complexity index is 1260. The minimum atomic E-state index is -0.540. The highest BCUT2D eigenvalue weighted by Gasteiger charge is 2.17. The number of halogens is 1. The first-order chi connectivity index (χ1) is 16.3. The molecule has 0 aliphatic rings. The summed E-state index contributed by atoms with van der Waals surface area (Å²) in [7, 11) is 4.21. The molecule has 0 saturated carbocycles. The van der Waals surface area contributed by atoms with Crippen molar-refractivity contribution < 1.29 is 23.7 Å². The van der Waals surface area contributed by atoms with Crippen LogP contribution in [0.4, 0.5) is 0 Å². The van der Waals surface area contributed by atoms with Gasteiger partial charge in [-0.05, 0) is 36.8 Å². The Hall–Kier alpha value is -3.40. The van der Waals surface area contributed by atoms with Gasteiger partial charge in [0.2, 0.25) is 5.75 Å². The summed E-state index contributed by atoms with van der Waals surface area (Å²) in [4.78, 5) is 29.5. The Balaban J connectivity index is 2.09. The predicted molar refractivity (Wildman–Crippen MR) is 132 cm³/mol. The molecule has 1 aromatic heterocycles. The Morgan fingerprint density at radius 1 is 1.18 bits per heavy atom. The number of aromatic nitrogens is 2. The van der Waals surface area contributed by atoms with E-state index < -0.39 is 5.97 Å². The maximum atomic E-state index is 13.3. The van der Waals surface area contributed by atoms with E-state index in [4.69, 9.17) is 19.2 Å². The second kappa shape index (κ2) is 11.1. The molecule has 0 unspecified atom stereocenters. The molecule has 0 bridgehead atoms. The van der Waals surface area contributed by atoms with Crippen molar-refractivity contribution >= 4 is 39.0 Å². The summed E-state index contributed by atoms with van der Waals surface area (Å²) >= 11 is 3.41. The van der Waals surface area contributed by atoms with E-state index in [9.17, 15) is 9.59 Å². The third-order valence-corrected chi connectivity index (χ3v) is 5.75. The van der Waals surface area contributed by atoms with E-state index in [1.165, 1.54) is 32.2 Å². The summed E-state index contributed by atoms with van der Waals surface area (Å²) in [5.74, 6) is 0.954. The molecule has 180 valence electrons. The zero-order valence-electron chi connectivity index (χ0n) is 19.6. The number of hydrogen-bond acceptors (Lipinski definition) is 8. The first-order valence-corrected chi connectivity index (χ1v) is 11.3. The Morgan fingerprint density at radius 2 is 1.85 bits per heavy atom. The molecule has 0 N–H and O–H groups in total. The van der Waals surface area contributed by atoms with Gasteiger partial charge in [0, 0.05) is 16.0 Å². The van der Waals surface area contributed by atoms with Crippen molar-refractivity contribution in [1.82, 2.24) is 9.66 Å².